The van der Waals surface area contributed by atoms with Gasteiger partial charge in [-0.05, 0) is 42.2 Å². The van der Waals surface area contributed by atoms with E-state index in [0.717, 1.165) is 25.9 Å². The number of imidazole rings is 1. The van der Waals surface area contributed by atoms with Crippen molar-refractivity contribution in [1.82, 2.24) is 19.5 Å². The van der Waals surface area contributed by atoms with Gasteiger partial charge in [0.15, 0.2) is 11.3 Å². The Kier molecular flexibility index (Phi) is 4.40. The normalized spacial score (nSPS) is 17.7. The smallest absolute Gasteiger partial charge is 0.274 e. The zero-order chi connectivity index (χ0) is 20.8. The van der Waals surface area contributed by atoms with Gasteiger partial charge in [-0.3, -0.25) is 4.79 Å². The van der Waals surface area contributed by atoms with Gasteiger partial charge < -0.3 is 9.64 Å². The molecule has 7 heteroatoms. The molecule has 0 radical (unpaired) electrons. The molecule has 4 aromatic rings. The summed E-state index contributed by atoms with van der Waals surface area (Å²) in [5.41, 5.74) is 3.49. The third-order valence-electron chi connectivity index (χ3n) is 6.42. The number of likely N-dealkylation sites (tertiary alicyclic amines) is 1. The van der Waals surface area contributed by atoms with Crippen LogP contribution in [0.1, 0.15) is 33.8 Å². The van der Waals surface area contributed by atoms with Crippen molar-refractivity contribution < 1.29 is 9.53 Å². The number of benzene rings is 1. The van der Waals surface area contributed by atoms with Crippen molar-refractivity contribution in [2.45, 2.75) is 24.9 Å². The van der Waals surface area contributed by atoms with E-state index in [0.29, 0.717) is 24.4 Å². The number of carbonyl (C=O) groups is 1. The molecular weight excluding hydrogens is 408 g/mol. The van der Waals surface area contributed by atoms with Crippen molar-refractivity contribution in [3.8, 4) is 10.4 Å². The average Bonchev–Trinajstić information content (AvgIpc) is 3.45. The molecule has 6 rings (SSSR count). The van der Waals surface area contributed by atoms with E-state index in [-0.39, 0.29) is 11.5 Å². The molecule has 5 heterocycles. The largest absolute Gasteiger partial charge is 0.370 e. The number of fused-ring (bicyclic) bond motifs is 3. The molecular formula is C24H22N4O2S. The van der Waals surface area contributed by atoms with E-state index in [2.05, 4.69) is 40.4 Å². The first kappa shape index (κ1) is 18.7. The fraction of sp³-hybridized carbons (Fsp3) is 0.292. The minimum Gasteiger partial charge on any atom is -0.370 e. The fourth-order valence-electron chi connectivity index (χ4n) is 4.78. The van der Waals surface area contributed by atoms with Gasteiger partial charge in [0.2, 0.25) is 0 Å². The van der Waals surface area contributed by atoms with E-state index in [1.165, 1.54) is 20.9 Å². The molecule has 1 spiro atoms. The molecule has 0 N–H and O–H groups in total. The minimum atomic E-state index is -0.286. The van der Waals surface area contributed by atoms with Gasteiger partial charge in [0, 0.05) is 35.5 Å². The summed E-state index contributed by atoms with van der Waals surface area (Å²) in [5.74, 6) is -0.0209. The Morgan fingerprint density at radius 2 is 1.94 bits per heavy atom. The van der Waals surface area contributed by atoms with Crippen LogP contribution in [0.5, 0.6) is 0 Å². The van der Waals surface area contributed by atoms with Gasteiger partial charge in [-0.25, -0.2) is 9.50 Å². The highest BCUT2D eigenvalue weighted by molar-refractivity contribution is 7.15. The highest BCUT2D eigenvalue weighted by atomic mass is 32.1. The van der Waals surface area contributed by atoms with Crippen molar-refractivity contribution >= 4 is 22.9 Å². The molecule has 31 heavy (non-hydrogen) atoms. The molecule has 1 aromatic carbocycles. The minimum absolute atomic E-state index is 0.0209. The molecule has 1 fully saturated rings. The molecule has 2 aliphatic rings. The quantitative estimate of drug-likeness (QED) is 0.479. The number of amides is 1. The lowest BCUT2D eigenvalue weighted by molar-refractivity contribution is -0.0926. The third-order valence-corrected chi connectivity index (χ3v) is 7.66. The van der Waals surface area contributed by atoms with Crippen molar-refractivity contribution in [3.63, 3.8) is 0 Å². The first-order valence-corrected chi connectivity index (χ1v) is 11.5. The Morgan fingerprint density at radius 3 is 2.77 bits per heavy atom. The van der Waals surface area contributed by atoms with E-state index in [9.17, 15) is 4.79 Å². The van der Waals surface area contributed by atoms with Gasteiger partial charge in [-0.15, -0.1) is 11.3 Å². The second kappa shape index (κ2) is 7.28. The maximum Gasteiger partial charge on any atom is 0.274 e. The highest BCUT2D eigenvalue weighted by Gasteiger charge is 2.43. The Balaban J connectivity index is 1.25. The predicted octanol–water partition coefficient (Wildman–Crippen LogP) is 4.16. The van der Waals surface area contributed by atoms with E-state index in [1.807, 2.05) is 34.4 Å². The van der Waals surface area contributed by atoms with Crippen LogP contribution < -0.4 is 0 Å². The van der Waals surface area contributed by atoms with Crippen LogP contribution in [0, 0.1) is 0 Å². The van der Waals surface area contributed by atoms with E-state index in [4.69, 9.17) is 4.74 Å². The standard InChI is InChI=1S/C24H22N4O2S/c29-23(19-16-25-22-7-4-11-26-28(19)22)27-12-9-24(10-13-27)18-15-21(17-5-2-1-3-6-17)31-20(18)8-14-30-24/h1-7,11,15-16H,8-10,12-14H2. The molecule has 3 aromatic heterocycles. The topological polar surface area (TPSA) is 59.7 Å². The first-order chi connectivity index (χ1) is 15.2. The Bertz CT molecular complexity index is 1260. The fourth-order valence-corrected chi connectivity index (χ4v) is 6.02. The van der Waals surface area contributed by atoms with Crippen molar-refractivity contribution in [3.05, 3.63) is 77.1 Å². The molecule has 2 aliphatic heterocycles. The van der Waals surface area contributed by atoms with Crippen molar-refractivity contribution in [2.75, 3.05) is 19.7 Å². The lowest BCUT2D eigenvalue weighted by Crippen LogP contribution is -2.48. The SMILES string of the molecule is O=C(c1cnc2cccnn12)N1CCC2(CC1)OCCc1sc(-c3ccccc3)cc12. The molecule has 1 amide bonds. The molecule has 0 aliphatic carbocycles. The van der Waals surface area contributed by atoms with Gasteiger partial charge in [0.05, 0.1) is 18.4 Å². The highest BCUT2D eigenvalue weighted by Crippen LogP contribution is 2.46. The zero-order valence-corrected chi connectivity index (χ0v) is 17.8. The Hall–Kier alpha value is -3.03. The molecule has 6 nitrogen and oxygen atoms in total. The van der Waals surface area contributed by atoms with E-state index < -0.39 is 0 Å². The van der Waals surface area contributed by atoms with Crippen LogP contribution in [0.3, 0.4) is 0 Å². The number of thiophene rings is 1. The Morgan fingerprint density at radius 1 is 1.10 bits per heavy atom. The monoisotopic (exact) mass is 430 g/mol. The first-order valence-electron chi connectivity index (χ1n) is 10.6. The number of hydrogen-bond donors (Lipinski definition) is 0. The summed E-state index contributed by atoms with van der Waals surface area (Å²) in [4.78, 5) is 22.1. The second-order valence-corrected chi connectivity index (χ2v) is 9.27. The number of hydrogen-bond acceptors (Lipinski definition) is 5. The molecule has 0 unspecified atom stereocenters. The van der Waals surface area contributed by atoms with Crippen molar-refractivity contribution in [2.24, 2.45) is 0 Å². The van der Waals surface area contributed by atoms with Gasteiger partial charge in [-0.1, -0.05) is 30.3 Å². The number of ether oxygens (including phenoxy) is 1. The number of carbonyl (C=O) groups excluding carboxylic acids is 1. The summed E-state index contributed by atoms with van der Waals surface area (Å²) >= 11 is 1.88. The lowest BCUT2D eigenvalue weighted by Gasteiger charge is -2.44. The number of piperidine rings is 1. The van der Waals surface area contributed by atoms with Crippen LogP contribution in [-0.4, -0.2) is 45.1 Å². The maximum absolute atomic E-state index is 13.2. The van der Waals surface area contributed by atoms with Gasteiger partial charge in [0.1, 0.15) is 0 Å². The zero-order valence-electron chi connectivity index (χ0n) is 17.0. The molecule has 156 valence electrons. The molecule has 0 saturated carbocycles. The second-order valence-electron chi connectivity index (χ2n) is 8.14. The summed E-state index contributed by atoms with van der Waals surface area (Å²) in [6.07, 6.45) is 5.87. The summed E-state index contributed by atoms with van der Waals surface area (Å²) < 4.78 is 8.03. The summed E-state index contributed by atoms with van der Waals surface area (Å²) in [5, 5.41) is 4.29. The predicted molar refractivity (Wildman–Crippen MR) is 119 cm³/mol. The van der Waals surface area contributed by atoms with Crippen LogP contribution in [0.15, 0.2) is 60.9 Å². The maximum atomic E-state index is 13.2. The lowest BCUT2D eigenvalue weighted by atomic mass is 9.82. The summed E-state index contributed by atoms with van der Waals surface area (Å²) in [6.45, 7) is 2.07. The number of nitrogens with zero attached hydrogens (tertiary/aromatic N) is 4. The van der Waals surface area contributed by atoms with Crippen LogP contribution in [-0.2, 0) is 16.8 Å². The van der Waals surface area contributed by atoms with Gasteiger partial charge >= 0.3 is 0 Å². The molecule has 0 atom stereocenters. The van der Waals surface area contributed by atoms with Crippen LogP contribution >= 0.6 is 11.3 Å². The van der Waals surface area contributed by atoms with E-state index in [1.54, 1.807) is 16.9 Å². The third kappa shape index (κ3) is 3.07. The molecule has 0 bridgehead atoms. The van der Waals surface area contributed by atoms with Crippen LogP contribution in [0.2, 0.25) is 0 Å². The average molecular weight is 431 g/mol. The Labute approximate surface area is 184 Å². The molecule has 1 saturated heterocycles. The number of rotatable bonds is 2. The van der Waals surface area contributed by atoms with Gasteiger partial charge in [0.25, 0.3) is 5.91 Å². The van der Waals surface area contributed by atoms with Crippen LogP contribution in [0.4, 0.5) is 0 Å². The van der Waals surface area contributed by atoms with Crippen LogP contribution in [0.25, 0.3) is 16.1 Å². The summed E-state index contributed by atoms with van der Waals surface area (Å²) in [6, 6.07) is 16.5. The van der Waals surface area contributed by atoms with Crippen molar-refractivity contribution in [1.29, 1.82) is 0 Å². The number of aromatic nitrogens is 3. The summed E-state index contributed by atoms with van der Waals surface area (Å²) in [7, 11) is 0. The van der Waals surface area contributed by atoms with Gasteiger partial charge in [-0.2, -0.15) is 5.10 Å². The van der Waals surface area contributed by atoms with E-state index >= 15 is 0 Å².